The number of carboxylic acid groups (broad SMARTS) is 1. The predicted octanol–water partition coefficient (Wildman–Crippen LogP) is 1.73. The van der Waals surface area contributed by atoms with E-state index in [0.29, 0.717) is 11.3 Å². The zero-order valence-electron chi connectivity index (χ0n) is 9.45. The van der Waals surface area contributed by atoms with Crippen molar-refractivity contribution in [2.75, 3.05) is 5.32 Å². The van der Waals surface area contributed by atoms with Gasteiger partial charge in [-0.15, -0.1) is 0 Å². The average Bonchev–Trinajstić information content (AvgIpc) is 2.23. The number of hydrogen-bond acceptors (Lipinski definition) is 2. The van der Waals surface area contributed by atoms with Crippen LogP contribution < -0.4 is 10.6 Å². The molecule has 1 aromatic carbocycles. The summed E-state index contributed by atoms with van der Waals surface area (Å²) in [6, 6.07) is 2.27. The lowest BCUT2D eigenvalue weighted by atomic mass is 10.2. The van der Waals surface area contributed by atoms with Crippen LogP contribution in [-0.4, -0.2) is 23.1 Å². The maximum atomic E-state index is 12.9. The minimum atomic E-state index is -1.14. The van der Waals surface area contributed by atoms with Crippen molar-refractivity contribution < 1.29 is 19.1 Å². The van der Waals surface area contributed by atoms with Gasteiger partial charge in [-0.2, -0.15) is 0 Å². The topological polar surface area (TPSA) is 78.4 Å². The van der Waals surface area contributed by atoms with E-state index in [4.69, 9.17) is 5.11 Å². The zero-order chi connectivity index (χ0) is 13.0. The summed E-state index contributed by atoms with van der Waals surface area (Å²) in [5.41, 5.74) is 0.990. The maximum Gasteiger partial charge on any atom is 0.325 e. The Morgan fingerprint density at radius 1 is 1.41 bits per heavy atom. The number of carbonyl (C=O) groups is 2. The number of urea groups is 1. The summed E-state index contributed by atoms with van der Waals surface area (Å²) >= 11 is 0. The number of hydrogen-bond donors (Lipinski definition) is 3. The Morgan fingerprint density at radius 2 is 2.06 bits per heavy atom. The van der Waals surface area contributed by atoms with Gasteiger partial charge in [0.25, 0.3) is 0 Å². The Bertz CT molecular complexity index is 448. The Kier molecular flexibility index (Phi) is 4.03. The highest BCUT2D eigenvalue weighted by molar-refractivity contribution is 5.92. The van der Waals surface area contributed by atoms with Gasteiger partial charge in [0.15, 0.2) is 0 Å². The van der Waals surface area contributed by atoms with Crippen LogP contribution in [0.1, 0.15) is 12.5 Å². The Labute approximate surface area is 97.6 Å². The number of nitrogens with one attached hydrogen (secondary N) is 2. The number of carboxylic acids is 1. The van der Waals surface area contributed by atoms with E-state index in [2.05, 4.69) is 10.6 Å². The van der Waals surface area contributed by atoms with Crippen LogP contribution >= 0.6 is 0 Å². The molecule has 0 saturated carbocycles. The summed E-state index contributed by atoms with van der Waals surface area (Å²) < 4.78 is 12.9. The van der Waals surface area contributed by atoms with Crippen molar-refractivity contribution in [1.29, 1.82) is 0 Å². The molecule has 0 unspecified atom stereocenters. The van der Waals surface area contributed by atoms with Gasteiger partial charge >= 0.3 is 12.0 Å². The van der Waals surface area contributed by atoms with E-state index in [-0.39, 0.29) is 0 Å². The molecule has 0 aliphatic carbocycles. The second kappa shape index (κ2) is 5.29. The summed E-state index contributed by atoms with van der Waals surface area (Å²) in [4.78, 5) is 21.9. The summed E-state index contributed by atoms with van der Waals surface area (Å²) in [5, 5.41) is 13.2. The molecule has 0 saturated heterocycles. The molecule has 1 atom stereocenters. The number of halogens is 1. The smallest absolute Gasteiger partial charge is 0.325 e. The van der Waals surface area contributed by atoms with Gasteiger partial charge in [0.1, 0.15) is 11.9 Å². The van der Waals surface area contributed by atoms with E-state index in [1.807, 2.05) is 0 Å². The first-order chi connectivity index (χ1) is 7.90. The lowest BCUT2D eigenvalue weighted by molar-refractivity contribution is -0.138. The van der Waals surface area contributed by atoms with Gasteiger partial charge in [-0.3, -0.25) is 4.79 Å². The van der Waals surface area contributed by atoms with E-state index in [0.717, 1.165) is 0 Å². The number of anilines is 1. The van der Waals surface area contributed by atoms with Gasteiger partial charge in [0.2, 0.25) is 0 Å². The monoisotopic (exact) mass is 240 g/mol. The van der Waals surface area contributed by atoms with Gasteiger partial charge in [0, 0.05) is 5.69 Å². The van der Waals surface area contributed by atoms with E-state index in [1.54, 1.807) is 6.92 Å². The normalized spacial score (nSPS) is 11.7. The third-order valence-corrected chi connectivity index (χ3v) is 2.17. The number of benzene rings is 1. The molecule has 17 heavy (non-hydrogen) atoms. The van der Waals surface area contributed by atoms with Crippen LogP contribution in [0.4, 0.5) is 14.9 Å². The molecule has 1 rings (SSSR count). The summed E-state index contributed by atoms with van der Waals surface area (Å²) in [6.45, 7) is 3.04. The highest BCUT2D eigenvalue weighted by Gasteiger charge is 2.14. The van der Waals surface area contributed by atoms with Gasteiger partial charge < -0.3 is 15.7 Å². The molecule has 0 aliphatic heterocycles. The molecule has 1 aromatic rings. The number of carbonyl (C=O) groups excluding carboxylic acids is 1. The highest BCUT2D eigenvalue weighted by Crippen LogP contribution is 2.15. The first-order valence-corrected chi connectivity index (χ1v) is 4.96. The average molecular weight is 240 g/mol. The van der Waals surface area contributed by atoms with Crippen molar-refractivity contribution in [3.05, 3.63) is 29.6 Å². The van der Waals surface area contributed by atoms with Crippen molar-refractivity contribution in [3.8, 4) is 0 Å². The molecular weight excluding hydrogens is 227 g/mol. The van der Waals surface area contributed by atoms with Crippen LogP contribution in [0.5, 0.6) is 0 Å². The molecule has 5 nitrogen and oxygen atoms in total. The van der Waals surface area contributed by atoms with Crippen LogP contribution in [0.25, 0.3) is 0 Å². The zero-order valence-corrected chi connectivity index (χ0v) is 9.45. The fourth-order valence-corrected chi connectivity index (χ4v) is 1.15. The number of aryl methyl sites for hydroxylation is 1. The first kappa shape index (κ1) is 13.0. The van der Waals surface area contributed by atoms with Crippen LogP contribution in [0.2, 0.25) is 0 Å². The lowest BCUT2D eigenvalue weighted by Crippen LogP contribution is -2.40. The second-order valence-electron chi connectivity index (χ2n) is 3.62. The molecule has 0 aromatic heterocycles. The third-order valence-electron chi connectivity index (χ3n) is 2.17. The Morgan fingerprint density at radius 3 is 2.65 bits per heavy atom. The molecule has 0 aliphatic rings. The SMILES string of the molecule is Cc1ccc(F)cc1NC(=O)N[C@@H](C)C(=O)O. The molecule has 0 heterocycles. The van der Waals surface area contributed by atoms with Gasteiger partial charge in [-0.1, -0.05) is 6.07 Å². The maximum absolute atomic E-state index is 12.9. The fourth-order valence-electron chi connectivity index (χ4n) is 1.15. The van der Waals surface area contributed by atoms with Gasteiger partial charge in [-0.05, 0) is 31.5 Å². The quantitative estimate of drug-likeness (QED) is 0.752. The molecule has 6 heteroatoms. The van der Waals surface area contributed by atoms with Crippen LogP contribution in [0.15, 0.2) is 18.2 Å². The molecule has 0 radical (unpaired) electrons. The third kappa shape index (κ3) is 3.75. The molecule has 92 valence electrons. The van der Waals surface area contributed by atoms with Crippen LogP contribution in [-0.2, 0) is 4.79 Å². The van der Waals surface area contributed by atoms with Gasteiger partial charge in [0.05, 0.1) is 0 Å². The summed E-state index contributed by atoms with van der Waals surface area (Å²) in [5.74, 6) is -1.62. The van der Waals surface area contributed by atoms with Crippen molar-refractivity contribution in [1.82, 2.24) is 5.32 Å². The molecule has 2 amide bonds. The highest BCUT2D eigenvalue weighted by atomic mass is 19.1. The van der Waals surface area contributed by atoms with Crippen LogP contribution in [0, 0.1) is 12.7 Å². The molecule has 3 N–H and O–H groups in total. The van der Waals surface area contributed by atoms with Crippen molar-refractivity contribution >= 4 is 17.7 Å². The second-order valence-corrected chi connectivity index (χ2v) is 3.62. The minimum Gasteiger partial charge on any atom is -0.480 e. The molecule has 0 spiro atoms. The summed E-state index contributed by atoms with van der Waals surface area (Å²) in [7, 11) is 0. The van der Waals surface area contributed by atoms with Crippen LogP contribution in [0.3, 0.4) is 0 Å². The number of amides is 2. The Hall–Kier alpha value is -2.11. The lowest BCUT2D eigenvalue weighted by Gasteiger charge is -2.12. The first-order valence-electron chi connectivity index (χ1n) is 4.96. The Balaban J connectivity index is 2.68. The molecule has 0 fully saturated rings. The van der Waals surface area contributed by atoms with E-state index in [1.165, 1.54) is 25.1 Å². The van der Waals surface area contributed by atoms with E-state index < -0.39 is 23.9 Å². The minimum absolute atomic E-state index is 0.306. The van der Waals surface area contributed by atoms with Crippen molar-refractivity contribution in [3.63, 3.8) is 0 Å². The van der Waals surface area contributed by atoms with Crippen molar-refractivity contribution in [2.24, 2.45) is 0 Å². The number of aliphatic carboxylic acids is 1. The predicted molar refractivity (Wildman–Crippen MR) is 60.4 cm³/mol. The fraction of sp³-hybridized carbons (Fsp3) is 0.273. The molecule has 0 bridgehead atoms. The van der Waals surface area contributed by atoms with Gasteiger partial charge in [-0.25, -0.2) is 9.18 Å². The summed E-state index contributed by atoms with van der Waals surface area (Å²) in [6.07, 6.45) is 0. The largest absolute Gasteiger partial charge is 0.480 e. The van der Waals surface area contributed by atoms with Crippen molar-refractivity contribution in [2.45, 2.75) is 19.9 Å². The molecular formula is C11H13FN2O3. The van der Waals surface area contributed by atoms with E-state index in [9.17, 15) is 14.0 Å². The van der Waals surface area contributed by atoms with E-state index >= 15 is 0 Å². The standard InChI is InChI=1S/C11H13FN2O3/c1-6-3-4-8(12)5-9(6)14-11(17)13-7(2)10(15)16/h3-5,7H,1-2H3,(H,15,16)(H2,13,14,17)/t7-/m0/s1. The number of rotatable bonds is 3.